The number of pyridine rings is 2. The van der Waals surface area contributed by atoms with Crippen molar-refractivity contribution in [1.29, 1.82) is 0 Å². The first-order valence-corrected chi connectivity index (χ1v) is 16.2. The first-order valence-electron chi connectivity index (χ1n) is 22.9. The smallest absolute Gasteiger partial charge is 0.0972 e. The fraction of sp³-hybridized carbons (Fsp3) is 0. The van der Waals surface area contributed by atoms with Crippen LogP contribution in [0.15, 0.2) is 170 Å². The van der Waals surface area contributed by atoms with Gasteiger partial charge in [0.2, 0.25) is 0 Å². The zero-order valence-electron chi connectivity index (χ0n) is 40.3. The van der Waals surface area contributed by atoms with Crippen LogP contribution in [0.2, 0.25) is 0 Å². The Morgan fingerprint density at radius 3 is 1.98 bits per heavy atom. The Kier molecular flexibility index (Phi) is 3.85. The molecule has 2 nitrogen and oxygen atoms in total. The van der Waals surface area contributed by atoms with Gasteiger partial charge in [0.25, 0.3) is 0 Å². The molecule has 0 aliphatic rings. The quantitative estimate of drug-likeness (QED) is 0.176. The molecule has 0 fully saturated rings. The predicted octanol–water partition coefficient (Wildman–Crippen LogP) is 13.0. The number of thiophene rings is 1. The molecule has 0 saturated carbocycles. The van der Waals surface area contributed by atoms with Crippen molar-refractivity contribution >= 4 is 65.5 Å². The topological polar surface area (TPSA) is 25.8 Å². The van der Waals surface area contributed by atoms with E-state index in [4.69, 9.17) is 18.7 Å². The van der Waals surface area contributed by atoms with Crippen LogP contribution in [0.4, 0.5) is 0 Å². The minimum Gasteiger partial charge on any atom is -0.254 e. The molecule has 3 heterocycles. The Balaban J connectivity index is 1.18. The van der Waals surface area contributed by atoms with Gasteiger partial charge in [-0.05, 0) is 79.3 Å². The normalized spacial score (nSPS) is 16.0. The van der Waals surface area contributed by atoms with Crippen LogP contribution in [0.3, 0.4) is 0 Å². The van der Waals surface area contributed by atoms with E-state index in [0.717, 1.165) is 32.8 Å². The number of aromatic nitrogens is 2. The molecule has 0 amide bonds. The zero-order valence-corrected chi connectivity index (χ0v) is 26.1. The summed E-state index contributed by atoms with van der Waals surface area (Å²) in [5, 5.41) is 1.98. The van der Waals surface area contributed by atoms with Gasteiger partial charge in [-0.15, -0.1) is 11.3 Å². The summed E-state index contributed by atoms with van der Waals surface area (Å²) in [6, 6.07) is 13.9. The number of hydrogen-bond donors (Lipinski definition) is 0. The maximum atomic E-state index is 9.34. The van der Waals surface area contributed by atoms with Gasteiger partial charge in [0.1, 0.15) is 0 Å². The van der Waals surface area contributed by atoms with Gasteiger partial charge in [0.05, 0.1) is 37.3 Å². The van der Waals surface area contributed by atoms with Crippen LogP contribution in [0, 0.1) is 0 Å². The van der Waals surface area contributed by atoms with E-state index in [1.807, 2.05) is 66.7 Å². The molecule has 3 heteroatoms. The molecule has 228 valence electrons. The van der Waals surface area contributed by atoms with Crippen molar-refractivity contribution in [2.24, 2.45) is 0 Å². The van der Waals surface area contributed by atoms with E-state index in [9.17, 15) is 6.85 Å². The van der Waals surface area contributed by atoms with Gasteiger partial charge in [0.15, 0.2) is 0 Å². The third-order valence-corrected chi connectivity index (χ3v) is 9.62. The van der Waals surface area contributed by atoms with Crippen molar-refractivity contribution < 1.29 is 20.6 Å². The summed E-state index contributed by atoms with van der Waals surface area (Å²) >= 11 is 0.665. The van der Waals surface area contributed by atoms with Crippen molar-refractivity contribution in [3.8, 4) is 43.3 Å². The number of hydrogen-bond acceptors (Lipinski definition) is 3. The Bertz CT molecular complexity index is 3730. The fourth-order valence-electron chi connectivity index (χ4n) is 6.31. The lowest BCUT2D eigenvalue weighted by atomic mass is 9.93. The van der Waals surface area contributed by atoms with E-state index in [2.05, 4.69) is 4.98 Å². The molecule has 10 rings (SSSR count). The second kappa shape index (κ2) is 11.2. The van der Waals surface area contributed by atoms with E-state index in [1.165, 1.54) is 0 Å². The van der Waals surface area contributed by atoms with Gasteiger partial charge in [-0.3, -0.25) is 4.98 Å². The highest BCUT2D eigenvalue weighted by atomic mass is 32.1. The highest BCUT2D eigenvalue weighted by molar-refractivity contribution is 7.19. The standard InChI is InChI=1S/C46H28N2S/c1-2-10-34-33(8-1)28-41(39-14-6-4-11-36(34)39)44-26-25-43(49-44)30-17-15-29(16-18-30)35-22-23-40(38-13-5-3-12-37(35)38)42-24-21-32-20-19-31-9-7-27-47-45(31)46(32)48-42/h1-28H/i1D,2D,4D,6D,8D,10D,11D,14D,15D,16D,17D,18D,25D,26D,28D. The van der Waals surface area contributed by atoms with Gasteiger partial charge in [-0.1, -0.05) is 133 Å². The van der Waals surface area contributed by atoms with Crippen LogP contribution in [-0.2, 0) is 0 Å². The van der Waals surface area contributed by atoms with Crippen LogP contribution >= 0.6 is 11.3 Å². The van der Waals surface area contributed by atoms with Crippen molar-refractivity contribution in [2.75, 3.05) is 0 Å². The molecule has 0 aliphatic heterocycles. The number of benzene rings is 7. The highest BCUT2D eigenvalue weighted by Crippen LogP contribution is 2.42. The van der Waals surface area contributed by atoms with Gasteiger partial charge in [-0.25, -0.2) is 4.98 Å². The number of fused-ring (bicyclic) bond motifs is 7. The largest absolute Gasteiger partial charge is 0.254 e. The molecule has 0 radical (unpaired) electrons. The van der Waals surface area contributed by atoms with Crippen molar-refractivity contribution in [2.45, 2.75) is 0 Å². The Morgan fingerprint density at radius 2 is 1.12 bits per heavy atom. The Labute approximate surface area is 308 Å². The molecule has 0 saturated heterocycles. The van der Waals surface area contributed by atoms with Crippen LogP contribution < -0.4 is 0 Å². The molecule has 49 heavy (non-hydrogen) atoms. The molecule has 10 aromatic rings. The first-order chi connectivity index (χ1) is 30.5. The minimum absolute atomic E-state index is 0.00308. The van der Waals surface area contributed by atoms with Crippen LogP contribution in [0.5, 0.6) is 0 Å². The molecule has 0 spiro atoms. The molecule has 0 bridgehead atoms. The van der Waals surface area contributed by atoms with E-state index in [0.29, 0.717) is 28.0 Å². The summed E-state index contributed by atoms with van der Waals surface area (Å²) in [5.74, 6) is 0. The lowest BCUT2D eigenvalue weighted by Crippen LogP contribution is -1.91. The molecule has 7 aromatic carbocycles. The minimum atomic E-state index is -0.692. The third-order valence-electron chi connectivity index (χ3n) is 8.60. The first kappa shape index (κ1) is 16.8. The lowest BCUT2D eigenvalue weighted by Gasteiger charge is -2.13. The Hall–Kier alpha value is -6.16. The van der Waals surface area contributed by atoms with E-state index < -0.39 is 90.6 Å². The zero-order chi connectivity index (χ0) is 45.4. The van der Waals surface area contributed by atoms with Gasteiger partial charge in [0, 0.05) is 37.9 Å². The average molecular weight is 656 g/mol. The van der Waals surface area contributed by atoms with Crippen LogP contribution in [-0.4, -0.2) is 9.97 Å². The summed E-state index contributed by atoms with van der Waals surface area (Å²) in [6.45, 7) is 0. The van der Waals surface area contributed by atoms with E-state index >= 15 is 0 Å². The Morgan fingerprint density at radius 1 is 0.449 bits per heavy atom. The average Bonchev–Trinajstić information content (AvgIpc) is 3.59. The van der Waals surface area contributed by atoms with Gasteiger partial charge >= 0.3 is 0 Å². The lowest BCUT2D eigenvalue weighted by molar-refractivity contribution is 1.37. The molecular weight excluding hydrogens is 613 g/mol. The van der Waals surface area contributed by atoms with E-state index in [-0.39, 0.29) is 48.0 Å². The van der Waals surface area contributed by atoms with Crippen LogP contribution in [0.25, 0.3) is 97.4 Å². The summed E-state index contributed by atoms with van der Waals surface area (Å²) < 4.78 is 134. The second-order valence-corrected chi connectivity index (χ2v) is 12.4. The van der Waals surface area contributed by atoms with E-state index in [1.54, 1.807) is 12.3 Å². The number of nitrogens with zero attached hydrogens (tertiary/aromatic N) is 2. The molecule has 0 aliphatic carbocycles. The number of rotatable bonds is 4. The third kappa shape index (κ3) is 4.62. The molecular formula is C46H28N2S. The highest BCUT2D eigenvalue weighted by Gasteiger charge is 2.14. The van der Waals surface area contributed by atoms with Crippen LogP contribution in [0.1, 0.15) is 20.6 Å². The van der Waals surface area contributed by atoms with Crippen molar-refractivity contribution in [3.63, 3.8) is 0 Å². The maximum absolute atomic E-state index is 9.34. The molecule has 0 N–H and O–H groups in total. The van der Waals surface area contributed by atoms with Gasteiger partial charge in [-0.2, -0.15) is 0 Å². The SMILES string of the molecule is [2H]c1c(-c2c([2H])c([2H])c(-c3ccc(-c4ccc5ccc6cccnc6c5n4)c4ccccc34)c([2H])c2[2H])sc(-c2c([2H])c3c([2H])c([2H])c([2H])c([2H])c3c3c([2H])c([2H])c([2H])c([2H])c23)c1[2H]. The summed E-state index contributed by atoms with van der Waals surface area (Å²) in [5.41, 5.74) is 2.74. The maximum Gasteiger partial charge on any atom is 0.0972 e. The molecule has 0 atom stereocenters. The monoisotopic (exact) mass is 655 g/mol. The van der Waals surface area contributed by atoms with Gasteiger partial charge < -0.3 is 0 Å². The predicted molar refractivity (Wildman–Crippen MR) is 209 cm³/mol. The van der Waals surface area contributed by atoms with Crippen molar-refractivity contribution in [3.05, 3.63) is 170 Å². The molecule has 3 aromatic heterocycles. The second-order valence-electron chi connectivity index (χ2n) is 11.4. The molecule has 0 unspecified atom stereocenters. The summed E-state index contributed by atoms with van der Waals surface area (Å²) in [7, 11) is 0. The summed E-state index contributed by atoms with van der Waals surface area (Å²) in [4.78, 5) is 9.25. The summed E-state index contributed by atoms with van der Waals surface area (Å²) in [6.07, 6.45) is 1.72. The fourth-order valence-corrected chi connectivity index (χ4v) is 7.18. The van der Waals surface area contributed by atoms with Crippen molar-refractivity contribution in [1.82, 2.24) is 9.97 Å².